The smallest absolute Gasteiger partial charge is 0.230 e. The Kier molecular flexibility index (Phi) is 5.48. The van der Waals surface area contributed by atoms with Crippen LogP contribution in [-0.4, -0.2) is 29.8 Å². The number of amides is 2. The topological polar surface area (TPSA) is 49.4 Å². The third-order valence-corrected chi connectivity index (χ3v) is 7.62. The maximum Gasteiger partial charge on any atom is 0.230 e. The summed E-state index contributed by atoms with van der Waals surface area (Å²) in [5, 5.41) is 3.05. The minimum absolute atomic E-state index is 0.0471. The molecular weight excluding hydrogens is 410 g/mol. The first-order chi connectivity index (χ1) is 15.4. The van der Waals surface area contributed by atoms with Crippen LogP contribution in [0.1, 0.15) is 44.9 Å². The van der Waals surface area contributed by atoms with Gasteiger partial charge in [0.25, 0.3) is 0 Å². The van der Waals surface area contributed by atoms with Gasteiger partial charge in [-0.15, -0.1) is 0 Å². The van der Waals surface area contributed by atoms with Gasteiger partial charge in [-0.1, -0.05) is 18.6 Å². The third-order valence-electron chi connectivity index (χ3n) is 7.62. The van der Waals surface area contributed by atoms with Crippen molar-refractivity contribution in [1.29, 1.82) is 0 Å². The van der Waals surface area contributed by atoms with E-state index in [0.29, 0.717) is 28.6 Å². The van der Waals surface area contributed by atoms with Crippen molar-refractivity contribution in [3.63, 3.8) is 0 Å². The van der Waals surface area contributed by atoms with Crippen LogP contribution in [0.3, 0.4) is 0 Å². The normalized spacial score (nSPS) is 20.5. The molecule has 3 aliphatic rings. The second-order valence-electron chi connectivity index (χ2n) is 9.57. The summed E-state index contributed by atoms with van der Waals surface area (Å²) in [6, 6.07) is 10.5. The van der Waals surface area contributed by atoms with Gasteiger partial charge in [0.1, 0.15) is 11.6 Å². The first-order valence-corrected chi connectivity index (χ1v) is 11.6. The Morgan fingerprint density at radius 2 is 1.50 bits per heavy atom. The van der Waals surface area contributed by atoms with Crippen molar-refractivity contribution < 1.29 is 18.4 Å². The van der Waals surface area contributed by atoms with E-state index in [9.17, 15) is 18.4 Å². The second kappa shape index (κ2) is 8.30. The van der Waals surface area contributed by atoms with Gasteiger partial charge >= 0.3 is 0 Å². The minimum atomic E-state index is -0.617. The number of nitrogens with zero attached hydrogens (tertiary/aromatic N) is 1. The highest BCUT2D eigenvalue weighted by atomic mass is 19.1. The van der Waals surface area contributed by atoms with Gasteiger partial charge < -0.3 is 10.2 Å². The van der Waals surface area contributed by atoms with Crippen molar-refractivity contribution in [3.05, 3.63) is 54.1 Å². The van der Waals surface area contributed by atoms with Gasteiger partial charge in [0, 0.05) is 30.8 Å². The number of nitrogens with one attached hydrogen (secondary N) is 1. The highest BCUT2D eigenvalue weighted by Gasteiger charge is 2.55. The highest BCUT2D eigenvalue weighted by Crippen LogP contribution is 2.56. The van der Waals surface area contributed by atoms with Gasteiger partial charge in [-0.3, -0.25) is 9.59 Å². The van der Waals surface area contributed by atoms with Crippen LogP contribution in [0.15, 0.2) is 42.5 Å². The number of hydrogen-bond donors (Lipinski definition) is 1. The lowest BCUT2D eigenvalue weighted by Crippen LogP contribution is -2.46. The molecule has 0 radical (unpaired) electrons. The zero-order chi connectivity index (χ0) is 22.3. The van der Waals surface area contributed by atoms with Crippen LogP contribution in [-0.2, 0) is 9.59 Å². The SMILES string of the molecule is O=C(C1CCC1)N1CCC(C2(C(=O)Nc3ccc(-c4cc(F)cc(F)c4)cc3)CC2)CC1. The Bertz CT molecular complexity index is 1000. The molecule has 6 heteroatoms. The Hall–Kier alpha value is -2.76. The number of anilines is 1. The van der Waals surface area contributed by atoms with Crippen molar-refractivity contribution in [1.82, 2.24) is 4.90 Å². The predicted molar refractivity (Wildman–Crippen MR) is 119 cm³/mol. The van der Waals surface area contributed by atoms with Crippen molar-refractivity contribution >= 4 is 17.5 Å². The molecule has 0 bridgehead atoms. The molecule has 2 saturated carbocycles. The summed E-state index contributed by atoms with van der Waals surface area (Å²) in [5.74, 6) is -0.339. The summed E-state index contributed by atoms with van der Waals surface area (Å²) in [4.78, 5) is 27.6. The number of likely N-dealkylation sites (tertiary alicyclic amines) is 1. The zero-order valence-electron chi connectivity index (χ0n) is 18.1. The molecule has 1 aliphatic heterocycles. The maximum atomic E-state index is 13.5. The standard InChI is InChI=1S/C26H28F2N2O2/c27-21-14-19(15-22(28)16-21)17-4-6-23(7-5-17)29-25(32)26(10-11-26)20-8-12-30(13-9-20)24(31)18-2-1-3-18/h4-7,14-16,18,20H,1-3,8-13H2,(H,29,32). The van der Waals surface area contributed by atoms with Gasteiger partial charge in [0.15, 0.2) is 0 Å². The van der Waals surface area contributed by atoms with Crippen LogP contribution in [0.5, 0.6) is 0 Å². The molecule has 168 valence electrons. The van der Waals surface area contributed by atoms with E-state index in [1.54, 1.807) is 24.3 Å². The molecule has 5 rings (SSSR count). The summed E-state index contributed by atoms with van der Waals surface area (Å²) in [5.41, 5.74) is 1.50. The molecule has 0 aromatic heterocycles. The summed E-state index contributed by atoms with van der Waals surface area (Å²) in [7, 11) is 0. The molecule has 32 heavy (non-hydrogen) atoms. The molecule has 0 atom stereocenters. The number of benzene rings is 2. The molecule has 1 heterocycles. The van der Waals surface area contributed by atoms with E-state index in [4.69, 9.17) is 0 Å². The largest absolute Gasteiger partial charge is 0.342 e. The molecule has 2 aliphatic carbocycles. The lowest BCUT2D eigenvalue weighted by molar-refractivity contribution is -0.140. The van der Waals surface area contributed by atoms with Crippen LogP contribution >= 0.6 is 0 Å². The molecule has 1 N–H and O–H groups in total. The average molecular weight is 439 g/mol. The fraction of sp³-hybridized carbons (Fsp3) is 0.462. The predicted octanol–water partition coefficient (Wildman–Crippen LogP) is 5.39. The van der Waals surface area contributed by atoms with Crippen molar-refractivity contribution in [2.75, 3.05) is 18.4 Å². The maximum absolute atomic E-state index is 13.5. The van der Waals surface area contributed by atoms with Gasteiger partial charge in [-0.25, -0.2) is 8.78 Å². The van der Waals surface area contributed by atoms with E-state index >= 15 is 0 Å². The van der Waals surface area contributed by atoms with Crippen LogP contribution in [0.4, 0.5) is 14.5 Å². The van der Waals surface area contributed by atoms with Gasteiger partial charge in [0.05, 0.1) is 5.41 Å². The Labute approximate surface area is 187 Å². The fourth-order valence-corrected chi connectivity index (χ4v) is 5.24. The summed E-state index contributed by atoms with van der Waals surface area (Å²) in [6.45, 7) is 1.52. The Morgan fingerprint density at radius 3 is 2.03 bits per heavy atom. The first kappa shape index (κ1) is 21.1. The average Bonchev–Trinajstić information content (AvgIpc) is 3.55. The molecule has 1 saturated heterocycles. The van der Waals surface area contributed by atoms with Gasteiger partial charge in [-0.2, -0.15) is 0 Å². The highest BCUT2D eigenvalue weighted by molar-refractivity contribution is 5.97. The van der Waals surface area contributed by atoms with Crippen LogP contribution in [0, 0.1) is 28.9 Å². The molecule has 3 fully saturated rings. The molecule has 0 spiro atoms. The molecular formula is C26H28F2N2O2. The number of carbonyl (C=O) groups excluding carboxylic acids is 2. The number of piperidine rings is 1. The Morgan fingerprint density at radius 1 is 0.875 bits per heavy atom. The van der Waals surface area contributed by atoms with E-state index in [1.165, 1.54) is 12.1 Å². The van der Waals surface area contributed by atoms with E-state index in [0.717, 1.165) is 64.1 Å². The van der Waals surface area contributed by atoms with Crippen LogP contribution < -0.4 is 5.32 Å². The number of carbonyl (C=O) groups is 2. The minimum Gasteiger partial charge on any atom is -0.342 e. The lowest BCUT2D eigenvalue weighted by Gasteiger charge is -2.38. The molecule has 2 aromatic carbocycles. The van der Waals surface area contributed by atoms with Crippen LogP contribution in [0.25, 0.3) is 11.1 Å². The Balaban J connectivity index is 1.20. The fourth-order valence-electron chi connectivity index (χ4n) is 5.24. The molecule has 0 unspecified atom stereocenters. The van der Waals surface area contributed by atoms with Crippen LogP contribution in [0.2, 0.25) is 0 Å². The van der Waals surface area contributed by atoms with Crippen molar-refractivity contribution in [2.45, 2.75) is 44.9 Å². The monoisotopic (exact) mass is 438 g/mol. The van der Waals surface area contributed by atoms with E-state index in [-0.39, 0.29) is 17.2 Å². The van der Waals surface area contributed by atoms with Crippen molar-refractivity contribution in [3.8, 4) is 11.1 Å². The summed E-state index contributed by atoms with van der Waals surface area (Å²) >= 11 is 0. The molecule has 2 aromatic rings. The summed E-state index contributed by atoms with van der Waals surface area (Å²) in [6.07, 6.45) is 6.76. The zero-order valence-corrected chi connectivity index (χ0v) is 18.1. The number of halogens is 2. The second-order valence-corrected chi connectivity index (χ2v) is 9.57. The number of hydrogen-bond acceptors (Lipinski definition) is 2. The summed E-state index contributed by atoms with van der Waals surface area (Å²) < 4.78 is 27.0. The van der Waals surface area contributed by atoms with E-state index < -0.39 is 11.6 Å². The number of rotatable bonds is 5. The van der Waals surface area contributed by atoms with E-state index in [2.05, 4.69) is 5.32 Å². The van der Waals surface area contributed by atoms with Crippen molar-refractivity contribution in [2.24, 2.45) is 17.3 Å². The van der Waals surface area contributed by atoms with Gasteiger partial charge in [0.2, 0.25) is 11.8 Å². The lowest BCUT2D eigenvalue weighted by atomic mass is 9.79. The quantitative estimate of drug-likeness (QED) is 0.681. The molecule has 4 nitrogen and oxygen atoms in total. The first-order valence-electron chi connectivity index (χ1n) is 11.6. The van der Waals surface area contributed by atoms with E-state index in [1.807, 2.05) is 4.90 Å². The third kappa shape index (κ3) is 4.03. The molecule has 2 amide bonds. The van der Waals surface area contributed by atoms with Gasteiger partial charge in [-0.05, 0) is 79.8 Å².